The van der Waals surface area contributed by atoms with Gasteiger partial charge in [-0.3, -0.25) is 9.11 Å². The Morgan fingerprint density at radius 1 is 1.13 bits per heavy atom. The largest absolute Gasteiger partial charge is 0.371 e. The fourth-order valence-corrected chi connectivity index (χ4v) is 4.77. The van der Waals surface area contributed by atoms with E-state index in [4.69, 9.17) is 0 Å². The maximum Gasteiger partial charge on any atom is 0.0411 e. The summed E-state index contributed by atoms with van der Waals surface area (Å²) < 4.78 is 11.5. The number of anilines is 1. The van der Waals surface area contributed by atoms with Crippen LogP contribution in [-0.2, 0) is 17.3 Å². The van der Waals surface area contributed by atoms with Gasteiger partial charge < -0.3 is 9.80 Å². The molecule has 2 aliphatic heterocycles. The molecule has 0 bridgehead atoms. The molecule has 0 aromatic heterocycles. The normalized spacial score (nSPS) is 22.3. The molecule has 23 heavy (non-hydrogen) atoms. The van der Waals surface area contributed by atoms with Crippen molar-refractivity contribution in [1.29, 1.82) is 0 Å². The van der Waals surface area contributed by atoms with Gasteiger partial charge in [0, 0.05) is 60.7 Å². The number of benzene rings is 1. The van der Waals surface area contributed by atoms with E-state index in [-0.39, 0.29) is 0 Å². The van der Waals surface area contributed by atoms with Gasteiger partial charge in [0.15, 0.2) is 0 Å². The van der Waals surface area contributed by atoms with E-state index in [0.717, 1.165) is 31.1 Å². The van der Waals surface area contributed by atoms with Crippen LogP contribution < -0.4 is 4.90 Å². The Morgan fingerprint density at radius 3 is 2.48 bits per heavy atom. The third-order valence-electron chi connectivity index (χ3n) is 5.27. The van der Waals surface area contributed by atoms with Gasteiger partial charge in [0.2, 0.25) is 0 Å². The van der Waals surface area contributed by atoms with Crippen molar-refractivity contribution in [1.82, 2.24) is 9.80 Å². The molecule has 3 rings (SSSR count). The third kappa shape index (κ3) is 4.34. The lowest BCUT2D eigenvalue weighted by molar-refractivity contribution is 0.252. The molecule has 0 spiro atoms. The Balaban J connectivity index is 1.68. The van der Waals surface area contributed by atoms with Crippen molar-refractivity contribution in [3.05, 3.63) is 29.8 Å². The summed E-state index contributed by atoms with van der Waals surface area (Å²) >= 11 is 0. The van der Waals surface area contributed by atoms with Gasteiger partial charge in [-0.15, -0.1) is 0 Å². The van der Waals surface area contributed by atoms with Crippen molar-refractivity contribution < 1.29 is 4.21 Å². The highest BCUT2D eigenvalue weighted by Gasteiger charge is 2.23. The van der Waals surface area contributed by atoms with Crippen molar-refractivity contribution in [3.63, 3.8) is 0 Å². The lowest BCUT2D eigenvalue weighted by Crippen LogP contribution is -2.42. The average Bonchev–Trinajstić information content (AvgIpc) is 2.57. The van der Waals surface area contributed by atoms with E-state index in [2.05, 4.69) is 53.1 Å². The fraction of sp³-hybridized carbons (Fsp3) is 0.667. The van der Waals surface area contributed by atoms with E-state index >= 15 is 0 Å². The highest BCUT2D eigenvalue weighted by atomic mass is 32.2. The predicted molar refractivity (Wildman–Crippen MR) is 98.5 cm³/mol. The molecule has 0 radical (unpaired) electrons. The summed E-state index contributed by atoms with van der Waals surface area (Å²) in [5.41, 5.74) is 2.77. The van der Waals surface area contributed by atoms with Gasteiger partial charge in [-0.25, -0.2) is 0 Å². The number of hydrogen-bond donors (Lipinski definition) is 0. The third-order valence-corrected chi connectivity index (χ3v) is 6.55. The molecule has 0 N–H and O–H groups in total. The minimum atomic E-state index is -0.597. The van der Waals surface area contributed by atoms with Crippen LogP contribution in [0.5, 0.6) is 0 Å². The van der Waals surface area contributed by atoms with Crippen molar-refractivity contribution in [3.8, 4) is 0 Å². The molecule has 2 saturated heterocycles. The first kappa shape index (κ1) is 16.9. The molecule has 1 aromatic carbocycles. The first-order chi connectivity index (χ1) is 11.1. The van der Waals surface area contributed by atoms with Gasteiger partial charge in [0.25, 0.3) is 0 Å². The predicted octanol–water partition coefficient (Wildman–Crippen LogP) is 1.78. The Kier molecular flexibility index (Phi) is 5.72. The molecule has 128 valence electrons. The second kappa shape index (κ2) is 7.77. The Morgan fingerprint density at radius 2 is 1.78 bits per heavy atom. The molecular formula is C18H29N3OS. The van der Waals surface area contributed by atoms with Crippen LogP contribution in [0.4, 0.5) is 5.69 Å². The topological polar surface area (TPSA) is 26.8 Å². The maximum absolute atomic E-state index is 11.5. The van der Waals surface area contributed by atoms with Crippen molar-refractivity contribution in [2.75, 3.05) is 56.7 Å². The van der Waals surface area contributed by atoms with Crippen LogP contribution >= 0.6 is 0 Å². The number of likely N-dealkylation sites (tertiary alicyclic amines) is 1. The zero-order valence-electron chi connectivity index (χ0n) is 14.4. The second-order valence-corrected chi connectivity index (χ2v) is 8.59. The fourth-order valence-electron chi connectivity index (χ4n) is 3.64. The minimum absolute atomic E-state index is 0.597. The van der Waals surface area contributed by atoms with E-state index in [1.807, 2.05) is 0 Å². The van der Waals surface area contributed by atoms with E-state index < -0.39 is 10.8 Å². The molecule has 0 saturated carbocycles. The standard InChI is InChI=1S/C18H29N3OS/c1-19-9-7-17(8-10-19)20(2)18-6-4-3-5-16(18)15-21-11-13-23(22)14-12-21/h3-6,17H,7-15H2,1-2H3. The highest BCUT2D eigenvalue weighted by Crippen LogP contribution is 2.26. The van der Waals surface area contributed by atoms with Crippen LogP contribution in [0, 0.1) is 0 Å². The van der Waals surface area contributed by atoms with Gasteiger partial charge in [-0.1, -0.05) is 18.2 Å². The molecule has 0 aliphatic carbocycles. The molecule has 0 amide bonds. The van der Waals surface area contributed by atoms with Gasteiger partial charge in [0.05, 0.1) is 0 Å². The maximum atomic E-state index is 11.5. The Bertz CT molecular complexity index is 533. The van der Waals surface area contributed by atoms with Crippen molar-refractivity contribution >= 4 is 16.5 Å². The first-order valence-corrected chi connectivity index (χ1v) is 10.2. The molecule has 0 atom stereocenters. The van der Waals surface area contributed by atoms with E-state index in [1.165, 1.54) is 37.2 Å². The zero-order valence-corrected chi connectivity index (χ0v) is 15.2. The molecule has 4 nitrogen and oxygen atoms in total. The van der Waals surface area contributed by atoms with E-state index in [9.17, 15) is 4.21 Å². The lowest BCUT2D eigenvalue weighted by Gasteiger charge is -2.38. The van der Waals surface area contributed by atoms with Crippen LogP contribution in [0.15, 0.2) is 24.3 Å². The Labute approximate surface area is 142 Å². The average molecular weight is 336 g/mol. The van der Waals surface area contributed by atoms with Crippen LogP contribution in [-0.4, -0.2) is 71.8 Å². The number of rotatable bonds is 4. The van der Waals surface area contributed by atoms with Crippen LogP contribution in [0.1, 0.15) is 18.4 Å². The molecule has 2 fully saturated rings. The van der Waals surface area contributed by atoms with Crippen molar-refractivity contribution in [2.24, 2.45) is 0 Å². The summed E-state index contributed by atoms with van der Waals surface area (Å²) in [5.74, 6) is 1.65. The summed E-state index contributed by atoms with van der Waals surface area (Å²) in [6.45, 7) is 5.27. The van der Waals surface area contributed by atoms with E-state index in [1.54, 1.807) is 0 Å². The summed E-state index contributed by atoms with van der Waals surface area (Å²) in [6, 6.07) is 9.45. The highest BCUT2D eigenvalue weighted by molar-refractivity contribution is 7.85. The monoisotopic (exact) mass is 335 g/mol. The first-order valence-electron chi connectivity index (χ1n) is 8.70. The summed E-state index contributed by atoms with van der Waals surface area (Å²) in [4.78, 5) is 7.36. The minimum Gasteiger partial charge on any atom is -0.371 e. The van der Waals surface area contributed by atoms with Crippen LogP contribution in [0.25, 0.3) is 0 Å². The lowest BCUT2D eigenvalue weighted by atomic mass is 10.0. The molecule has 2 heterocycles. The molecular weight excluding hydrogens is 306 g/mol. The molecule has 2 aliphatic rings. The number of piperidine rings is 1. The van der Waals surface area contributed by atoms with Gasteiger partial charge in [-0.2, -0.15) is 0 Å². The van der Waals surface area contributed by atoms with E-state index in [0.29, 0.717) is 6.04 Å². The Hall–Kier alpha value is -0.910. The van der Waals surface area contributed by atoms with Crippen molar-refractivity contribution in [2.45, 2.75) is 25.4 Å². The smallest absolute Gasteiger partial charge is 0.0411 e. The van der Waals surface area contributed by atoms with Gasteiger partial charge >= 0.3 is 0 Å². The number of para-hydroxylation sites is 1. The van der Waals surface area contributed by atoms with Crippen LogP contribution in [0.3, 0.4) is 0 Å². The summed E-state index contributed by atoms with van der Waals surface area (Å²) in [5, 5.41) is 0. The number of nitrogens with zero attached hydrogens (tertiary/aromatic N) is 3. The summed E-state index contributed by atoms with van der Waals surface area (Å²) in [6.07, 6.45) is 2.48. The SMILES string of the molecule is CN1CCC(N(C)c2ccccc2CN2CCS(=O)CC2)CC1. The molecule has 0 unspecified atom stereocenters. The van der Waals surface area contributed by atoms with Gasteiger partial charge in [-0.05, 0) is 44.6 Å². The quantitative estimate of drug-likeness (QED) is 0.838. The van der Waals surface area contributed by atoms with Gasteiger partial charge in [0.1, 0.15) is 0 Å². The van der Waals surface area contributed by atoms with Crippen LogP contribution in [0.2, 0.25) is 0 Å². The second-order valence-electron chi connectivity index (χ2n) is 6.90. The molecule has 5 heteroatoms. The molecule has 1 aromatic rings. The summed E-state index contributed by atoms with van der Waals surface area (Å²) in [7, 11) is 3.87. The zero-order chi connectivity index (χ0) is 16.2. The number of hydrogen-bond acceptors (Lipinski definition) is 4.